The van der Waals surface area contributed by atoms with Gasteiger partial charge in [-0.15, -0.1) is 0 Å². The van der Waals surface area contributed by atoms with E-state index in [1.54, 1.807) is 12.1 Å². The van der Waals surface area contributed by atoms with Crippen molar-refractivity contribution in [1.29, 1.82) is 5.26 Å². The smallest absolute Gasteiger partial charge is 0.320 e. The summed E-state index contributed by atoms with van der Waals surface area (Å²) in [6, 6.07) is 13.0. The molecule has 1 aliphatic rings. The summed E-state index contributed by atoms with van der Waals surface area (Å²) >= 11 is 0. The number of fused-ring (bicyclic) bond motifs is 1. The van der Waals surface area contributed by atoms with Gasteiger partial charge in [0.15, 0.2) is 0 Å². The van der Waals surface area contributed by atoms with Crippen molar-refractivity contribution in [2.45, 2.75) is 52.2 Å². The van der Waals surface area contributed by atoms with Gasteiger partial charge in [-0.1, -0.05) is 23.4 Å². The summed E-state index contributed by atoms with van der Waals surface area (Å²) in [7, 11) is 0. The Balaban J connectivity index is 0.000000427. The average Bonchev–Trinajstić information content (AvgIpc) is 3.43. The second kappa shape index (κ2) is 10.1. The van der Waals surface area contributed by atoms with Crippen LogP contribution in [-0.4, -0.2) is 33.4 Å². The average molecular weight is 434 g/mol. The van der Waals surface area contributed by atoms with Crippen molar-refractivity contribution in [2.75, 3.05) is 0 Å². The second-order valence-electron chi connectivity index (χ2n) is 7.84. The molecule has 0 radical (unpaired) electrons. The number of aryl methyl sites for hydroxylation is 1. The van der Waals surface area contributed by atoms with Gasteiger partial charge in [0.2, 0.25) is 5.82 Å². The number of nitrogens with two attached hydrogens (primary N) is 1. The van der Waals surface area contributed by atoms with Crippen molar-refractivity contribution in [3.8, 4) is 34.7 Å². The van der Waals surface area contributed by atoms with Gasteiger partial charge in [0.1, 0.15) is 17.9 Å². The lowest BCUT2D eigenvalue weighted by atomic mass is 10.0. The van der Waals surface area contributed by atoms with Gasteiger partial charge in [-0.05, 0) is 69.4 Å². The Morgan fingerprint density at radius 2 is 2.00 bits per heavy atom. The van der Waals surface area contributed by atoms with Gasteiger partial charge in [-0.25, -0.2) is 0 Å². The highest BCUT2D eigenvalue weighted by Crippen LogP contribution is 2.32. The molecule has 1 atom stereocenters. The number of carboxylic acids is 1. The molecule has 0 aliphatic heterocycles. The van der Waals surface area contributed by atoms with Crippen LogP contribution in [0.3, 0.4) is 0 Å². The highest BCUT2D eigenvalue weighted by Gasteiger charge is 2.20. The van der Waals surface area contributed by atoms with E-state index in [0.717, 1.165) is 18.4 Å². The molecular formula is C24H26N4O4. The molecule has 0 saturated carbocycles. The Labute approximate surface area is 186 Å². The Hall–Kier alpha value is -3.70. The summed E-state index contributed by atoms with van der Waals surface area (Å²) in [5, 5.41) is 21.4. The van der Waals surface area contributed by atoms with Crippen molar-refractivity contribution < 1.29 is 19.2 Å². The molecule has 32 heavy (non-hydrogen) atoms. The van der Waals surface area contributed by atoms with E-state index < -0.39 is 12.0 Å². The van der Waals surface area contributed by atoms with E-state index >= 15 is 0 Å². The number of aliphatic carboxylic acids is 1. The van der Waals surface area contributed by atoms with Crippen molar-refractivity contribution >= 4 is 5.97 Å². The number of carbonyl (C=O) groups is 1. The highest BCUT2D eigenvalue weighted by molar-refractivity contribution is 5.72. The van der Waals surface area contributed by atoms with E-state index in [-0.39, 0.29) is 6.10 Å². The molecule has 1 aliphatic carbocycles. The minimum Gasteiger partial charge on any atom is -0.490 e. The molecule has 8 nitrogen and oxygen atoms in total. The lowest BCUT2D eigenvalue weighted by Crippen LogP contribution is -2.25. The van der Waals surface area contributed by atoms with E-state index in [0.29, 0.717) is 28.6 Å². The predicted molar refractivity (Wildman–Crippen MR) is 119 cm³/mol. The lowest BCUT2D eigenvalue weighted by molar-refractivity contribution is -0.138. The SMILES string of the molecule is CC(C)Oc1ccc(-c2nc(-c3cccc4c3CCC4)no2)cc1C#N.CC(N)C(=O)O. The van der Waals surface area contributed by atoms with Crippen LogP contribution in [0.25, 0.3) is 22.8 Å². The number of ether oxygens (including phenoxy) is 1. The predicted octanol–water partition coefficient (Wildman–Crippen LogP) is 3.97. The highest BCUT2D eigenvalue weighted by atomic mass is 16.5. The van der Waals surface area contributed by atoms with Gasteiger partial charge in [-0.2, -0.15) is 10.2 Å². The van der Waals surface area contributed by atoms with Gasteiger partial charge < -0.3 is 20.1 Å². The zero-order valence-electron chi connectivity index (χ0n) is 18.3. The summed E-state index contributed by atoms with van der Waals surface area (Å²) < 4.78 is 11.1. The molecule has 1 unspecified atom stereocenters. The molecule has 2 aromatic carbocycles. The number of rotatable bonds is 5. The first-order valence-corrected chi connectivity index (χ1v) is 10.4. The summed E-state index contributed by atoms with van der Waals surface area (Å²) in [4.78, 5) is 14.1. The van der Waals surface area contributed by atoms with Gasteiger partial charge in [0.05, 0.1) is 11.7 Å². The molecule has 3 N–H and O–H groups in total. The minimum atomic E-state index is -0.963. The first-order valence-electron chi connectivity index (χ1n) is 10.4. The summed E-state index contributed by atoms with van der Waals surface area (Å²) in [6.07, 6.45) is 3.33. The van der Waals surface area contributed by atoms with Crippen LogP contribution in [0.2, 0.25) is 0 Å². The van der Waals surface area contributed by atoms with Crippen molar-refractivity contribution in [3.05, 3.63) is 53.1 Å². The number of hydrogen-bond donors (Lipinski definition) is 2. The van der Waals surface area contributed by atoms with Crippen LogP contribution in [0.4, 0.5) is 0 Å². The van der Waals surface area contributed by atoms with Crippen LogP contribution in [-0.2, 0) is 17.6 Å². The van der Waals surface area contributed by atoms with E-state index in [4.69, 9.17) is 20.1 Å². The summed E-state index contributed by atoms with van der Waals surface area (Å²) in [5.41, 5.74) is 9.73. The molecule has 0 fully saturated rings. The third-order valence-corrected chi connectivity index (χ3v) is 4.91. The number of benzene rings is 2. The second-order valence-corrected chi connectivity index (χ2v) is 7.84. The first-order chi connectivity index (χ1) is 15.3. The molecule has 1 aromatic heterocycles. The van der Waals surface area contributed by atoms with Gasteiger partial charge in [0.25, 0.3) is 5.89 Å². The number of nitriles is 1. The summed E-state index contributed by atoms with van der Waals surface area (Å²) in [5.74, 6) is 0.602. The van der Waals surface area contributed by atoms with Gasteiger partial charge >= 0.3 is 5.97 Å². The monoisotopic (exact) mass is 434 g/mol. The largest absolute Gasteiger partial charge is 0.490 e. The Morgan fingerprint density at radius 1 is 1.25 bits per heavy atom. The number of aromatic nitrogens is 2. The number of nitrogens with zero attached hydrogens (tertiary/aromatic N) is 3. The maximum Gasteiger partial charge on any atom is 0.320 e. The lowest BCUT2D eigenvalue weighted by Gasteiger charge is -2.11. The maximum atomic E-state index is 9.57. The van der Waals surface area contributed by atoms with E-state index in [9.17, 15) is 10.1 Å². The van der Waals surface area contributed by atoms with Crippen LogP contribution in [0.1, 0.15) is 43.9 Å². The molecule has 8 heteroatoms. The molecular weight excluding hydrogens is 408 g/mol. The van der Waals surface area contributed by atoms with Crippen molar-refractivity contribution in [1.82, 2.24) is 10.1 Å². The topological polar surface area (TPSA) is 135 Å². The van der Waals surface area contributed by atoms with Crippen LogP contribution < -0.4 is 10.5 Å². The fraction of sp³-hybridized carbons (Fsp3) is 0.333. The first kappa shape index (κ1) is 23.0. The molecule has 4 rings (SSSR count). The fourth-order valence-electron chi connectivity index (χ4n) is 3.39. The van der Waals surface area contributed by atoms with Crippen LogP contribution >= 0.6 is 0 Å². The van der Waals surface area contributed by atoms with Gasteiger partial charge in [-0.3, -0.25) is 4.79 Å². The standard InChI is InChI=1S/C21H19N3O2.C3H7NO2/c1-13(2)25-19-10-9-15(11-16(19)12-22)21-23-20(24-26-21)18-8-4-6-14-5-3-7-17(14)18;1-2(4)3(5)6/h4,6,8-11,13H,3,5,7H2,1-2H3;2H,4H2,1H3,(H,5,6). The van der Waals surface area contributed by atoms with Crippen LogP contribution in [0.15, 0.2) is 40.9 Å². The van der Waals surface area contributed by atoms with Gasteiger partial charge in [0, 0.05) is 11.1 Å². The molecule has 166 valence electrons. The van der Waals surface area contributed by atoms with E-state index in [2.05, 4.69) is 22.3 Å². The zero-order chi connectivity index (χ0) is 23.3. The molecule has 0 spiro atoms. The van der Waals surface area contributed by atoms with Crippen molar-refractivity contribution in [2.24, 2.45) is 5.73 Å². The third kappa shape index (κ3) is 5.31. The Morgan fingerprint density at radius 3 is 2.66 bits per heavy atom. The molecule has 0 saturated heterocycles. The molecule has 0 amide bonds. The quantitative estimate of drug-likeness (QED) is 0.616. The Bertz CT molecular complexity index is 1150. The van der Waals surface area contributed by atoms with E-state index in [1.807, 2.05) is 32.0 Å². The third-order valence-electron chi connectivity index (χ3n) is 4.91. The Kier molecular flexibility index (Phi) is 7.23. The molecule has 1 heterocycles. The summed E-state index contributed by atoms with van der Waals surface area (Å²) in [6.45, 7) is 5.28. The van der Waals surface area contributed by atoms with Crippen LogP contribution in [0, 0.1) is 11.3 Å². The zero-order valence-corrected chi connectivity index (χ0v) is 18.3. The van der Waals surface area contributed by atoms with E-state index in [1.165, 1.54) is 24.5 Å². The van der Waals surface area contributed by atoms with Crippen LogP contribution in [0.5, 0.6) is 5.75 Å². The molecule has 3 aromatic rings. The number of carboxylic acid groups (broad SMARTS) is 1. The van der Waals surface area contributed by atoms with Crippen molar-refractivity contribution in [3.63, 3.8) is 0 Å². The minimum absolute atomic E-state index is 0.00290. The number of hydrogen-bond acceptors (Lipinski definition) is 7. The normalized spacial score (nSPS) is 13.0. The fourth-order valence-corrected chi connectivity index (χ4v) is 3.39. The maximum absolute atomic E-state index is 9.57. The molecule has 0 bridgehead atoms.